The number of nitrogens with zero attached hydrogens (tertiary/aromatic N) is 2. The summed E-state index contributed by atoms with van der Waals surface area (Å²) in [6.45, 7) is 1.35. The van der Waals surface area contributed by atoms with Crippen LogP contribution in [0.25, 0.3) is 0 Å². The highest BCUT2D eigenvalue weighted by Crippen LogP contribution is 2.28. The number of aliphatic imine (C=N–C) groups is 1. The maximum Gasteiger partial charge on any atom is 0.193 e. The molecule has 128 valence electrons. The summed E-state index contributed by atoms with van der Waals surface area (Å²) in [6.07, 6.45) is 0. The molecule has 6 nitrogen and oxygen atoms in total. The minimum Gasteiger partial charge on any atom is -0.497 e. The van der Waals surface area contributed by atoms with Crippen molar-refractivity contribution in [2.24, 2.45) is 10.7 Å². The van der Waals surface area contributed by atoms with Crippen LogP contribution in [-0.4, -0.2) is 40.3 Å². The van der Waals surface area contributed by atoms with Gasteiger partial charge in [-0.05, 0) is 24.3 Å². The predicted molar refractivity (Wildman–Crippen MR) is 99.4 cm³/mol. The third kappa shape index (κ3) is 4.81. The second kappa shape index (κ2) is 8.67. The fourth-order valence-corrected chi connectivity index (χ4v) is 2.22. The van der Waals surface area contributed by atoms with Crippen molar-refractivity contribution in [2.75, 3.05) is 44.6 Å². The Kier molecular flexibility index (Phi) is 6.31. The fourth-order valence-electron chi connectivity index (χ4n) is 2.22. The largest absolute Gasteiger partial charge is 0.497 e. The number of guanidine groups is 1. The lowest BCUT2D eigenvalue weighted by Gasteiger charge is -2.18. The highest BCUT2D eigenvalue weighted by atomic mass is 16.5. The molecule has 24 heavy (non-hydrogen) atoms. The van der Waals surface area contributed by atoms with Crippen LogP contribution in [-0.2, 0) is 0 Å². The van der Waals surface area contributed by atoms with Gasteiger partial charge in [0.15, 0.2) is 5.96 Å². The average Bonchev–Trinajstić information content (AvgIpc) is 2.62. The topological polar surface area (TPSA) is 72.1 Å². The molecule has 0 saturated carbocycles. The maximum absolute atomic E-state index is 5.97. The lowest BCUT2D eigenvalue weighted by atomic mass is 10.2. The van der Waals surface area contributed by atoms with Crippen LogP contribution in [0.5, 0.6) is 11.5 Å². The van der Waals surface area contributed by atoms with Gasteiger partial charge in [0.1, 0.15) is 11.5 Å². The Morgan fingerprint density at radius 1 is 1.12 bits per heavy atom. The molecule has 0 aliphatic heterocycles. The Hall–Kier alpha value is -2.89. The molecule has 0 unspecified atom stereocenters. The minimum absolute atomic E-state index is 0.336. The van der Waals surface area contributed by atoms with Gasteiger partial charge in [-0.2, -0.15) is 0 Å². The number of hydrogen-bond acceptors (Lipinski definition) is 4. The van der Waals surface area contributed by atoms with Crippen molar-refractivity contribution in [1.82, 2.24) is 0 Å². The normalized spacial score (nSPS) is 11.0. The van der Waals surface area contributed by atoms with E-state index in [9.17, 15) is 0 Å². The number of nitrogens with two attached hydrogens (primary N) is 1. The van der Waals surface area contributed by atoms with Crippen molar-refractivity contribution >= 4 is 17.3 Å². The number of nitrogens with one attached hydrogen (secondary N) is 1. The van der Waals surface area contributed by atoms with Gasteiger partial charge in [0.25, 0.3) is 0 Å². The van der Waals surface area contributed by atoms with E-state index >= 15 is 0 Å². The van der Waals surface area contributed by atoms with E-state index in [1.165, 1.54) is 0 Å². The van der Waals surface area contributed by atoms with E-state index in [-0.39, 0.29) is 0 Å². The van der Waals surface area contributed by atoms with Crippen LogP contribution in [0.2, 0.25) is 0 Å². The summed E-state index contributed by atoms with van der Waals surface area (Å²) < 4.78 is 10.5. The molecule has 0 aromatic heterocycles. The molecular weight excluding hydrogens is 304 g/mol. The van der Waals surface area contributed by atoms with Gasteiger partial charge in [0, 0.05) is 25.3 Å². The Balaban J connectivity index is 1.94. The van der Waals surface area contributed by atoms with Crippen molar-refractivity contribution in [3.8, 4) is 11.5 Å². The van der Waals surface area contributed by atoms with E-state index in [0.717, 1.165) is 23.7 Å². The van der Waals surface area contributed by atoms with Crippen molar-refractivity contribution in [2.45, 2.75) is 0 Å². The van der Waals surface area contributed by atoms with Crippen LogP contribution in [0.3, 0.4) is 0 Å². The maximum atomic E-state index is 5.97. The van der Waals surface area contributed by atoms with Crippen LogP contribution in [0, 0.1) is 0 Å². The number of methoxy groups -OCH3 is 2. The lowest BCUT2D eigenvalue weighted by Crippen LogP contribution is -2.26. The third-order valence-electron chi connectivity index (χ3n) is 3.58. The van der Waals surface area contributed by atoms with E-state index in [1.54, 1.807) is 14.2 Å². The van der Waals surface area contributed by atoms with Gasteiger partial charge < -0.3 is 25.4 Å². The molecule has 6 heteroatoms. The van der Waals surface area contributed by atoms with Crippen LogP contribution in [0.4, 0.5) is 11.4 Å². The summed E-state index contributed by atoms with van der Waals surface area (Å²) >= 11 is 0. The average molecular weight is 328 g/mol. The Labute approximate surface area is 142 Å². The van der Waals surface area contributed by atoms with E-state index in [1.807, 2.05) is 43.4 Å². The molecule has 0 bridgehead atoms. The highest BCUT2D eigenvalue weighted by molar-refractivity contribution is 5.94. The number of para-hydroxylation sites is 1. The highest BCUT2D eigenvalue weighted by Gasteiger charge is 2.06. The number of ether oxygens (including phenoxy) is 2. The summed E-state index contributed by atoms with van der Waals surface area (Å²) in [5, 5.41) is 3.05. The van der Waals surface area contributed by atoms with Crippen molar-refractivity contribution < 1.29 is 9.47 Å². The molecule has 0 radical (unpaired) electrons. The number of likely N-dealkylation sites (N-methyl/N-ethyl adjacent to an activating group) is 1. The number of anilines is 2. The van der Waals surface area contributed by atoms with Crippen LogP contribution >= 0.6 is 0 Å². The van der Waals surface area contributed by atoms with Gasteiger partial charge in [0.2, 0.25) is 0 Å². The molecule has 0 aliphatic rings. The molecule has 0 heterocycles. The second-order valence-electron chi connectivity index (χ2n) is 5.22. The molecule has 0 saturated heterocycles. The van der Waals surface area contributed by atoms with Gasteiger partial charge in [-0.1, -0.05) is 18.2 Å². The molecule has 0 amide bonds. The zero-order valence-electron chi connectivity index (χ0n) is 14.3. The van der Waals surface area contributed by atoms with E-state index in [2.05, 4.69) is 27.3 Å². The smallest absolute Gasteiger partial charge is 0.193 e. The molecule has 2 aromatic carbocycles. The predicted octanol–water partition coefficient (Wildman–Crippen LogP) is 2.57. The quantitative estimate of drug-likeness (QED) is 0.604. The van der Waals surface area contributed by atoms with Gasteiger partial charge in [-0.25, -0.2) is 0 Å². The summed E-state index contributed by atoms with van der Waals surface area (Å²) in [6, 6.07) is 15.6. The summed E-state index contributed by atoms with van der Waals surface area (Å²) in [4.78, 5) is 6.49. The Bertz CT molecular complexity index is 674. The van der Waals surface area contributed by atoms with Gasteiger partial charge in [-0.15, -0.1) is 0 Å². The fraction of sp³-hybridized carbons (Fsp3) is 0.278. The second-order valence-corrected chi connectivity index (χ2v) is 5.22. The molecule has 0 aliphatic carbocycles. The summed E-state index contributed by atoms with van der Waals surface area (Å²) in [5.41, 5.74) is 7.83. The van der Waals surface area contributed by atoms with Gasteiger partial charge >= 0.3 is 0 Å². The molecule has 3 N–H and O–H groups in total. The van der Waals surface area contributed by atoms with E-state index in [4.69, 9.17) is 15.2 Å². The summed E-state index contributed by atoms with van der Waals surface area (Å²) in [7, 11) is 5.25. The molecular formula is C18H24N4O2. The van der Waals surface area contributed by atoms with E-state index < -0.39 is 0 Å². The molecule has 0 spiro atoms. The van der Waals surface area contributed by atoms with Crippen LogP contribution in [0.15, 0.2) is 53.5 Å². The monoisotopic (exact) mass is 328 g/mol. The zero-order chi connectivity index (χ0) is 17.4. The third-order valence-corrected chi connectivity index (χ3v) is 3.58. The van der Waals surface area contributed by atoms with Crippen molar-refractivity contribution in [3.05, 3.63) is 48.5 Å². The Morgan fingerprint density at radius 2 is 1.88 bits per heavy atom. The minimum atomic E-state index is 0.336. The van der Waals surface area contributed by atoms with Crippen molar-refractivity contribution in [1.29, 1.82) is 0 Å². The number of benzene rings is 2. The molecule has 0 atom stereocenters. The number of rotatable bonds is 7. The van der Waals surface area contributed by atoms with Gasteiger partial charge in [-0.3, -0.25) is 4.99 Å². The van der Waals surface area contributed by atoms with Crippen LogP contribution in [0.1, 0.15) is 0 Å². The molecule has 2 aromatic rings. The van der Waals surface area contributed by atoms with E-state index in [0.29, 0.717) is 18.3 Å². The molecule has 0 fully saturated rings. The first-order chi connectivity index (χ1) is 11.6. The molecule has 2 rings (SSSR count). The zero-order valence-corrected chi connectivity index (χ0v) is 14.3. The van der Waals surface area contributed by atoms with Crippen LogP contribution < -0.4 is 25.4 Å². The lowest BCUT2D eigenvalue weighted by molar-refractivity contribution is 0.405. The first kappa shape index (κ1) is 17.5. The van der Waals surface area contributed by atoms with Crippen molar-refractivity contribution in [3.63, 3.8) is 0 Å². The first-order valence-electron chi connectivity index (χ1n) is 7.69. The Morgan fingerprint density at radius 3 is 2.54 bits per heavy atom. The SMILES string of the molecule is COc1ccc(OC)c(NC(N)=NCCN(C)c2ccccc2)c1. The van der Waals surface area contributed by atoms with Gasteiger partial charge in [0.05, 0.1) is 26.5 Å². The first-order valence-corrected chi connectivity index (χ1v) is 7.69. The number of hydrogen-bond donors (Lipinski definition) is 2. The standard InChI is InChI=1S/C18H24N4O2/c1-22(14-7-5-4-6-8-14)12-11-20-18(19)21-16-13-15(23-2)9-10-17(16)24-3/h4-10,13H,11-12H2,1-3H3,(H3,19,20,21). The summed E-state index contributed by atoms with van der Waals surface area (Å²) in [5.74, 6) is 1.73.